The number of unbranched alkanes of at least 4 members (excludes halogenated alkanes) is 1. The standard InChI is InChI=1S/C30H37BF2N2O5/c1-9-12-13-22-25(30(38)40-11-3)19(7)28-26(23-16(4)14-21(36)15-17(23)5)27-18(6)24(29(37)39-10-2)20(8)34(27)31(32,33)35(22)28/h14-15,36H,9-13H2,1-8H3. The van der Waals surface area contributed by atoms with Crippen molar-refractivity contribution >= 4 is 30.2 Å². The Bertz CT molecular complexity index is 1510. The van der Waals surface area contributed by atoms with E-state index in [4.69, 9.17) is 9.47 Å². The predicted molar refractivity (Wildman–Crippen MR) is 151 cm³/mol. The van der Waals surface area contributed by atoms with Gasteiger partial charge in [-0.05, 0) is 95.0 Å². The molecule has 1 aromatic heterocycles. The highest BCUT2D eigenvalue weighted by atomic mass is 19.2. The zero-order valence-electron chi connectivity index (χ0n) is 24.5. The number of esters is 2. The molecule has 0 fully saturated rings. The molecule has 0 saturated heterocycles. The number of allylic oxidation sites excluding steroid dienone is 1. The van der Waals surface area contributed by atoms with E-state index >= 15 is 8.63 Å². The van der Waals surface area contributed by atoms with Crippen LogP contribution in [0.4, 0.5) is 8.63 Å². The van der Waals surface area contributed by atoms with E-state index in [2.05, 4.69) is 0 Å². The number of hydrogen-bond acceptors (Lipinski definition) is 5. The maximum absolute atomic E-state index is 17.0. The molecular weight excluding hydrogens is 517 g/mol. The first-order valence-corrected chi connectivity index (χ1v) is 13.8. The third-order valence-electron chi connectivity index (χ3n) is 7.83. The van der Waals surface area contributed by atoms with Crippen molar-refractivity contribution < 1.29 is 37.3 Å². The summed E-state index contributed by atoms with van der Waals surface area (Å²) in [5, 5.41) is 10.3. The van der Waals surface area contributed by atoms with Gasteiger partial charge in [0.15, 0.2) is 11.4 Å². The molecule has 0 aliphatic carbocycles. The third-order valence-corrected chi connectivity index (χ3v) is 7.83. The molecule has 0 spiro atoms. The van der Waals surface area contributed by atoms with E-state index in [0.29, 0.717) is 39.8 Å². The molecule has 0 amide bonds. The molecule has 0 radical (unpaired) electrons. The minimum atomic E-state index is -4.53. The lowest BCUT2D eigenvalue weighted by Crippen LogP contribution is -2.52. The maximum Gasteiger partial charge on any atom is 0.737 e. The first-order valence-electron chi connectivity index (χ1n) is 13.8. The molecule has 2 aromatic rings. The van der Waals surface area contributed by atoms with Crippen LogP contribution in [0.2, 0.25) is 0 Å². The van der Waals surface area contributed by atoms with Crippen LogP contribution in [0.3, 0.4) is 0 Å². The number of rotatable bonds is 8. The van der Waals surface area contributed by atoms with Gasteiger partial charge >= 0.3 is 18.9 Å². The summed E-state index contributed by atoms with van der Waals surface area (Å²) in [6.45, 7) is 9.46. The highest BCUT2D eigenvalue weighted by molar-refractivity contribution is 6.59. The van der Waals surface area contributed by atoms with Gasteiger partial charge in [-0.2, -0.15) is 0 Å². The molecule has 0 unspecified atom stereocenters. The van der Waals surface area contributed by atoms with E-state index in [-0.39, 0.29) is 59.3 Å². The average Bonchev–Trinajstić information content (AvgIpc) is 3.30. The Kier molecular flexibility index (Phi) is 7.84. The number of nitrogens with zero attached hydrogens (tertiary/aromatic N) is 2. The van der Waals surface area contributed by atoms with E-state index < -0.39 is 18.9 Å². The van der Waals surface area contributed by atoms with Gasteiger partial charge < -0.3 is 32.2 Å². The van der Waals surface area contributed by atoms with Gasteiger partial charge in [0.2, 0.25) is 0 Å². The van der Waals surface area contributed by atoms with Crippen LogP contribution >= 0.6 is 0 Å². The monoisotopic (exact) mass is 554 g/mol. The molecule has 3 heterocycles. The average molecular weight is 554 g/mol. The van der Waals surface area contributed by atoms with Crippen LogP contribution in [0.15, 0.2) is 29.0 Å². The molecule has 4 rings (SSSR count). The largest absolute Gasteiger partial charge is 0.737 e. The van der Waals surface area contributed by atoms with Crippen LogP contribution < -0.4 is 0 Å². The highest BCUT2D eigenvalue weighted by Gasteiger charge is 2.59. The first-order chi connectivity index (χ1) is 18.8. The molecule has 1 aromatic carbocycles. The molecule has 10 heteroatoms. The quantitative estimate of drug-likeness (QED) is 0.314. The summed E-state index contributed by atoms with van der Waals surface area (Å²) in [7, 11) is 0. The fraction of sp³-hybridized carbons (Fsp3) is 0.433. The summed E-state index contributed by atoms with van der Waals surface area (Å²) in [6.07, 6.45) is 1.59. The number of aromatic nitrogens is 1. The zero-order chi connectivity index (χ0) is 29.7. The van der Waals surface area contributed by atoms with Crippen LogP contribution in [0.5, 0.6) is 5.75 Å². The van der Waals surface area contributed by atoms with Crippen molar-refractivity contribution in [1.29, 1.82) is 0 Å². The Morgan fingerprint density at radius 3 is 2.10 bits per heavy atom. The molecule has 0 bridgehead atoms. The minimum absolute atomic E-state index is 0.0585. The molecule has 2 aliphatic heterocycles. The van der Waals surface area contributed by atoms with Gasteiger partial charge in [-0.3, -0.25) is 0 Å². The Labute approximate surface area is 233 Å². The number of fused-ring (bicyclic) bond motifs is 2. The van der Waals surface area contributed by atoms with Crippen molar-refractivity contribution in [1.82, 2.24) is 4.48 Å². The number of carbonyl (C=O) groups excluding carboxylic acids is 2. The maximum atomic E-state index is 17.0. The number of carbonyl (C=O) groups is 2. The van der Waals surface area contributed by atoms with Crippen LogP contribution in [0, 0.1) is 27.7 Å². The van der Waals surface area contributed by atoms with Crippen molar-refractivity contribution in [2.75, 3.05) is 13.2 Å². The van der Waals surface area contributed by atoms with E-state index in [1.165, 1.54) is 6.92 Å². The van der Waals surface area contributed by atoms with Crippen molar-refractivity contribution in [3.8, 4) is 5.75 Å². The Hall–Kier alpha value is -3.69. The van der Waals surface area contributed by atoms with E-state index in [1.807, 2.05) is 20.8 Å². The smallest absolute Gasteiger partial charge is 0.508 e. The summed E-state index contributed by atoms with van der Waals surface area (Å²) in [5.41, 5.74) is 4.25. The van der Waals surface area contributed by atoms with Crippen LogP contribution in [-0.4, -0.2) is 51.9 Å². The number of ether oxygens (including phenoxy) is 2. The summed E-state index contributed by atoms with van der Waals surface area (Å²) in [4.78, 5) is 26.3. The molecule has 2 aliphatic rings. The van der Waals surface area contributed by atoms with Gasteiger partial charge in [-0.25, -0.2) is 9.59 Å². The number of phenols is 1. The van der Waals surface area contributed by atoms with Gasteiger partial charge in [-0.1, -0.05) is 13.3 Å². The summed E-state index contributed by atoms with van der Waals surface area (Å²) in [5.74, 6) is -1.24. The third kappa shape index (κ3) is 4.28. The lowest BCUT2D eigenvalue weighted by Gasteiger charge is -2.35. The minimum Gasteiger partial charge on any atom is -0.508 e. The lowest BCUT2D eigenvalue weighted by molar-refractivity contribution is -0.364. The second-order valence-corrected chi connectivity index (χ2v) is 10.4. The number of aryl methyl sites for hydroxylation is 2. The number of hydrogen-bond donors (Lipinski definition) is 1. The number of benzene rings is 1. The van der Waals surface area contributed by atoms with Crippen molar-refractivity contribution in [2.24, 2.45) is 0 Å². The molecule has 7 nitrogen and oxygen atoms in total. The predicted octanol–water partition coefficient (Wildman–Crippen LogP) is 6.14. The fourth-order valence-electron chi connectivity index (χ4n) is 6.34. The molecule has 40 heavy (non-hydrogen) atoms. The zero-order valence-corrected chi connectivity index (χ0v) is 24.5. The number of aromatic hydroxyl groups is 1. The van der Waals surface area contributed by atoms with Gasteiger partial charge in [0.25, 0.3) is 0 Å². The van der Waals surface area contributed by atoms with Crippen LogP contribution in [-0.2, 0) is 14.3 Å². The fourth-order valence-corrected chi connectivity index (χ4v) is 6.34. The molecule has 214 valence electrons. The summed E-state index contributed by atoms with van der Waals surface area (Å²) < 4.78 is 46.6. The Morgan fingerprint density at radius 1 is 0.975 bits per heavy atom. The highest BCUT2D eigenvalue weighted by Crippen LogP contribution is 2.48. The number of phenolic OH excluding ortho intramolecular Hbond substituents is 1. The summed E-state index contributed by atoms with van der Waals surface area (Å²) in [6, 6.07) is 3.17. The van der Waals surface area contributed by atoms with Crippen molar-refractivity contribution in [3.63, 3.8) is 0 Å². The van der Waals surface area contributed by atoms with Crippen LogP contribution in [0.25, 0.3) is 5.57 Å². The Morgan fingerprint density at radius 2 is 1.55 bits per heavy atom. The normalized spacial score (nSPS) is 15.9. The van der Waals surface area contributed by atoms with Gasteiger partial charge in [0, 0.05) is 17.7 Å². The van der Waals surface area contributed by atoms with E-state index in [9.17, 15) is 14.7 Å². The second-order valence-electron chi connectivity index (χ2n) is 10.4. The van der Waals surface area contributed by atoms with Crippen molar-refractivity contribution in [3.05, 3.63) is 68.2 Å². The molecule has 0 saturated carbocycles. The van der Waals surface area contributed by atoms with E-state index in [0.717, 1.165) is 15.4 Å². The van der Waals surface area contributed by atoms with Gasteiger partial charge in [-0.15, -0.1) is 0 Å². The van der Waals surface area contributed by atoms with Gasteiger partial charge in [0.05, 0.1) is 24.4 Å². The molecular formula is C30H37BF2N2O5. The SMILES string of the molecule is CCCCC1=[N+]2C(=C(c3c(C)cc(O)cc3C)c3c(C)c(C(=O)OCC)c(C)n3[B-]2(F)F)C(C)=C1C(=O)OCC. The van der Waals surface area contributed by atoms with Gasteiger partial charge in [0.1, 0.15) is 11.3 Å². The van der Waals surface area contributed by atoms with E-state index in [1.54, 1.807) is 39.8 Å². The topological polar surface area (TPSA) is 80.8 Å². The van der Waals surface area contributed by atoms with Crippen molar-refractivity contribution in [2.45, 2.75) is 74.7 Å². The lowest BCUT2D eigenvalue weighted by atomic mass is 9.81. The molecule has 1 N–H and O–H groups in total. The molecule has 0 atom stereocenters. The van der Waals surface area contributed by atoms with Crippen LogP contribution in [0.1, 0.15) is 91.0 Å². The Balaban J connectivity index is 2.27. The first kappa shape index (κ1) is 29.3. The number of halogens is 2. The summed E-state index contributed by atoms with van der Waals surface area (Å²) >= 11 is 0. The second kappa shape index (κ2) is 10.7.